The topological polar surface area (TPSA) is 169 Å². The molecule has 0 bridgehead atoms. The van der Waals surface area contributed by atoms with Crippen LogP contribution in [0.1, 0.15) is 41.5 Å². The number of nitrogens with zero attached hydrogens (tertiary/aromatic N) is 1. The predicted octanol–water partition coefficient (Wildman–Crippen LogP) is 1.46. The van der Waals surface area contributed by atoms with Crippen molar-refractivity contribution >= 4 is 35.2 Å². The minimum atomic E-state index is -1.38. The van der Waals surface area contributed by atoms with Gasteiger partial charge in [0.2, 0.25) is 17.7 Å². The van der Waals surface area contributed by atoms with Crippen LogP contribution >= 0.6 is 0 Å². The first-order valence-corrected chi connectivity index (χ1v) is 9.75. The summed E-state index contributed by atoms with van der Waals surface area (Å²) in [7, 11) is 0. The summed E-state index contributed by atoms with van der Waals surface area (Å²) in [5, 5.41) is 20.4. The summed E-state index contributed by atoms with van der Waals surface area (Å²) in [5.41, 5.74) is -1.91. The van der Waals surface area contributed by atoms with Crippen LogP contribution in [0.4, 0.5) is 16.2 Å². The van der Waals surface area contributed by atoms with Crippen molar-refractivity contribution in [3.8, 4) is 0 Å². The number of carbonyl (C=O) groups is 4. The molecule has 0 spiro atoms. The molecule has 0 aliphatic heterocycles. The molecular formula is C20H29N5O7. The van der Waals surface area contributed by atoms with Crippen molar-refractivity contribution in [1.29, 1.82) is 0 Å². The first-order valence-electron chi connectivity index (χ1n) is 9.75. The van der Waals surface area contributed by atoms with Gasteiger partial charge in [0.25, 0.3) is 5.69 Å². The molecule has 4 N–H and O–H groups in total. The van der Waals surface area contributed by atoms with Crippen LogP contribution in [-0.4, -0.2) is 52.5 Å². The van der Waals surface area contributed by atoms with Crippen LogP contribution in [0.2, 0.25) is 0 Å². The van der Waals surface area contributed by atoms with Gasteiger partial charge in [-0.1, -0.05) is 0 Å². The Balaban J connectivity index is 2.54. The summed E-state index contributed by atoms with van der Waals surface area (Å²) in [4.78, 5) is 58.6. The van der Waals surface area contributed by atoms with Gasteiger partial charge in [-0.3, -0.25) is 24.5 Å². The van der Waals surface area contributed by atoms with E-state index < -0.39 is 45.9 Å². The lowest BCUT2D eigenvalue weighted by molar-refractivity contribution is -0.384. The second-order valence-corrected chi connectivity index (χ2v) is 8.52. The fourth-order valence-electron chi connectivity index (χ4n) is 2.28. The molecule has 1 atom stereocenters. The van der Waals surface area contributed by atoms with E-state index in [4.69, 9.17) is 4.74 Å². The Kier molecular flexibility index (Phi) is 8.69. The van der Waals surface area contributed by atoms with Gasteiger partial charge in [0, 0.05) is 17.8 Å². The number of non-ortho nitro benzene ring substituents is 1. The van der Waals surface area contributed by atoms with Crippen LogP contribution in [0.3, 0.4) is 0 Å². The van der Waals surface area contributed by atoms with Crippen molar-refractivity contribution in [2.45, 2.75) is 58.7 Å². The average molecular weight is 451 g/mol. The molecule has 0 saturated heterocycles. The number of hydrogen-bond donors (Lipinski definition) is 4. The summed E-state index contributed by atoms with van der Waals surface area (Å²) < 4.78 is 5.08. The number of nitro benzene ring substituents is 1. The molecule has 0 fully saturated rings. The Labute approximate surface area is 185 Å². The maximum absolute atomic E-state index is 12.4. The number of amides is 4. The number of anilines is 1. The highest BCUT2D eigenvalue weighted by molar-refractivity contribution is 5.97. The van der Waals surface area contributed by atoms with Gasteiger partial charge in [0.1, 0.15) is 17.2 Å². The van der Waals surface area contributed by atoms with E-state index in [1.807, 2.05) is 0 Å². The normalized spacial score (nSPS) is 12.2. The second-order valence-electron chi connectivity index (χ2n) is 8.52. The molecule has 1 rings (SSSR count). The molecule has 0 radical (unpaired) electrons. The predicted molar refractivity (Wildman–Crippen MR) is 116 cm³/mol. The largest absolute Gasteiger partial charge is 0.444 e. The number of carbonyl (C=O) groups excluding carboxylic acids is 4. The Hall–Kier alpha value is -3.70. The van der Waals surface area contributed by atoms with Crippen LogP contribution in [0.5, 0.6) is 0 Å². The molecule has 32 heavy (non-hydrogen) atoms. The molecule has 1 aromatic carbocycles. The molecule has 0 unspecified atom stereocenters. The van der Waals surface area contributed by atoms with Crippen molar-refractivity contribution in [2.75, 3.05) is 11.9 Å². The molecular weight excluding hydrogens is 422 g/mol. The molecule has 12 nitrogen and oxygen atoms in total. The highest BCUT2D eigenvalue weighted by Crippen LogP contribution is 2.15. The zero-order chi connectivity index (χ0) is 24.7. The van der Waals surface area contributed by atoms with E-state index in [2.05, 4.69) is 21.3 Å². The molecule has 0 aliphatic rings. The number of hydrogen-bond acceptors (Lipinski definition) is 7. The van der Waals surface area contributed by atoms with E-state index in [0.717, 1.165) is 0 Å². The minimum Gasteiger partial charge on any atom is -0.444 e. The fraction of sp³-hybridized carbons (Fsp3) is 0.500. The lowest BCUT2D eigenvalue weighted by Crippen LogP contribution is -2.59. The third-order valence-corrected chi connectivity index (χ3v) is 3.90. The third kappa shape index (κ3) is 8.98. The first kappa shape index (κ1) is 26.3. The number of alkyl carbamates (subject to hydrolysis) is 1. The summed E-state index contributed by atoms with van der Waals surface area (Å²) in [6, 6.07) is 4.23. The SMILES string of the molecule is C[C@H](NC(=O)OC(C)(C)C)C(=O)NC(C)(C)C(=O)NCC(=O)Nc1ccc([N+](=O)[O-])cc1. The van der Waals surface area contributed by atoms with E-state index in [-0.39, 0.29) is 12.2 Å². The Bertz CT molecular complexity index is 875. The standard InChI is InChI=1S/C20H29N5O7/c1-12(22-18(29)32-19(2,3)4)16(27)24-20(5,6)17(28)21-11-15(26)23-13-7-9-14(10-8-13)25(30)31/h7-10,12H,11H2,1-6H3,(H,21,28)(H,22,29)(H,23,26)(H,24,27)/t12-/m0/s1. The highest BCUT2D eigenvalue weighted by Gasteiger charge is 2.32. The van der Waals surface area contributed by atoms with Gasteiger partial charge in [-0.25, -0.2) is 4.79 Å². The maximum atomic E-state index is 12.4. The van der Waals surface area contributed by atoms with E-state index in [0.29, 0.717) is 5.69 Å². The molecule has 0 aliphatic carbocycles. The van der Waals surface area contributed by atoms with Crippen LogP contribution in [-0.2, 0) is 19.1 Å². The van der Waals surface area contributed by atoms with Gasteiger partial charge in [-0.15, -0.1) is 0 Å². The number of nitrogens with one attached hydrogen (secondary N) is 4. The Morgan fingerprint density at radius 3 is 2.12 bits per heavy atom. The van der Waals surface area contributed by atoms with Crippen molar-refractivity contribution in [3.05, 3.63) is 34.4 Å². The molecule has 1 aromatic rings. The van der Waals surface area contributed by atoms with Crippen LogP contribution in [0, 0.1) is 10.1 Å². The molecule has 176 valence electrons. The second kappa shape index (κ2) is 10.6. The number of nitro groups is 1. The Morgan fingerprint density at radius 1 is 1.06 bits per heavy atom. The van der Waals surface area contributed by atoms with Gasteiger partial charge < -0.3 is 26.0 Å². The van der Waals surface area contributed by atoms with Crippen LogP contribution < -0.4 is 21.3 Å². The van der Waals surface area contributed by atoms with Crippen LogP contribution in [0.15, 0.2) is 24.3 Å². The molecule has 0 heterocycles. The highest BCUT2D eigenvalue weighted by atomic mass is 16.6. The third-order valence-electron chi connectivity index (χ3n) is 3.90. The monoisotopic (exact) mass is 451 g/mol. The van der Waals surface area contributed by atoms with Gasteiger partial charge in [-0.2, -0.15) is 0 Å². The first-order chi connectivity index (χ1) is 14.6. The Morgan fingerprint density at radius 2 is 1.62 bits per heavy atom. The lowest BCUT2D eigenvalue weighted by Gasteiger charge is -2.27. The van der Waals surface area contributed by atoms with Gasteiger partial charge in [0.15, 0.2) is 0 Å². The van der Waals surface area contributed by atoms with E-state index >= 15 is 0 Å². The lowest BCUT2D eigenvalue weighted by atomic mass is 10.0. The van der Waals surface area contributed by atoms with Gasteiger partial charge in [-0.05, 0) is 53.7 Å². The van der Waals surface area contributed by atoms with Crippen LogP contribution in [0.25, 0.3) is 0 Å². The number of rotatable bonds is 8. The number of benzene rings is 1. The van der Waals surface area contributed by atoms with E-state index in [1.165, 1.54) is 45.0 Å². The molecule has 0 saturated carbocycles. The van der Waals surface area contributed by atoms with E-state index in [9.17, 15) is 29.3 Å². The summed E-state index contributed by atoms with van der Waals surface area (Å²) in [5.74, 6) is -1.81. The minimum absolute atomic E-state index is 0.121. The van der Waals surface area contributed by atoms with E-state index in [1.54, 1.807) is 20.8 Å². The number of ether oxygens (including phenoxy) is 1. The maximum Gasteiger partial charge on any atom is 0.408 e. The van der Waals surface area contributed by atoms with Gasteiger partial charge >= 0.3 is 6.09 Å². The smallest absolute Gasteiger partial charge is 0.408 e. The summed E-state index contributed by atoms with van der Waals surface area (Å²) >= 11 is 0. The quantitative estimate of drug-likeness (QED) is 0.342. The molecule has 0 aromatic heterocycles. The zero-order valence-electron chi connectivity index (χ0n) is 18.9. The molecule has 12 heteroatoms. The van der Waals surface area contributed by atoms with Crippen molar-refractivity contribution in [3.63, 3.8) is 0 Å². The summed E-state index contributed by atoms with van der Waals surface area (Å²) in [6.07, 6.45) is -0.773. The summed E-state index contributed by atoms with van der Waals surface area (Å²) in [6.45, 7) is 8.97. The fourth-order valence-corrected chi connectivity index (χ4v) is 2.28. The zero-order valence-corrected chi connectivity index (χ0v) is 18.9. The molecule has 4 amide bonds. The van der Waals surface area contributed by atoms with Gasteiger partial charge in [0.05, 0.1) is 11.5 Å². The van der Waals surface area contributed by atoms with Crippen molar-refractivity contribution in [2.24, 2.45) is 0 Å². The van der Waals surface area contributed by atoms with Crippen molar-refractivity contribution < 1.29 is 28.8 Å². The average Bonchev–Trinajstić information content (AvgIpc) is 2.64. The van der Waals surface area contributed by atoms with Crippen molar-refractivity contribution in [1.82, 2.24) is 16.0 Å².